The molecule has 6 nitrogen and oxygen atoms in total. The SMILES string of the molecule is CC1(C)O[C@H]2O[C@H]([C@H]3COC(C)(C)O3)[C@@H](SC#N)[C@H]2O1. The van der Waals surface area contributed by atoms with Crippen LogP contribution in [-0.4, -0.2) is 48.0 Å². The Morgan fingerprint density at radius 1 is 1.05 bits per heavy atom. The van der Waals surface area contributed by atoms with Crippen molar-refractivity contribution in [3.8, 4) is 5.40 Å². The predicted octanol–water partition coefficient (Wildman–Crippen LogP) is 1.60. The molecule has 0 aliphatic carbocycles. The lowest BCUT2D eigenvalue weighted by atomic mass is 10.1. The highest BCUT2D eigenvalue weighted by Crippen LogP contribution is 2.44. The summed E-state index contributed by atoms with van der Waals surface area (Å²) in [5.41, 5.74) is 0. The Balaban J connectivity index is 1.75. The van der Waals surface area contributed by atoms with Crippen molar-refractivity contribution >= 4 is 11.8 Å². The second kappa shape index (κ2) is 4.83. The number of hydrogen-bond donors (Lipinski definition) is 0. The molecule has 112 valence electrons. The van der Waals surface area contributed by atoms with Gasteiger partial charge in [0.25, 0.3) is 0 Å². The van der Waals surface area contributed by atoms with Crippen LogP contribution in [0.3, 0.4) is 0 Å². The number of fused-ring (bicyclic) bond motifs is 1. The fourth-order valence-electron chi connectivity index (χ4n) is 2.88. The molecule has 0 unspecified atom stereocenters. The summed E-state index contributed by atoms with van der Waals surface area (Å²) in [7, 11) is 0. The van der Waals surface area contributed by atoms with Crippen LogP contribution >= 0.6 is 11.8 Å². The largest absolute Gasteiger partial charge is 0.348 e. The number of nitriles is 1. The molecule has 0 spiro atoms. The van der Waals surface area contributed by atoms with Crippen LogP contribution in [0.2, 0.25) is 0 Å². The van der Waals surface area contributed by atoms with Crippen molar-refractivity contribution in [1.82, 2.24) is 0 Å². The summed E-state index contributed by atoms with van der Waals surface area (Å²) in [4.78, 5) is 0. The van der Waals surface area contributed by atoms with Gasteiger partial charge in [0.15, 0.2) is 17.9 Å². The molecule has 20 heavy (non-hydrogen) atoms. The molecule has 0 amide bonds. The molecule has 5 atom stereocenters. The van der Waals surface area contributed by atoms with Gasteiger partial charge >= 0.3 is 0 Å². The van der Waals surface area contributed by atoms with Gasteiger partial charge in [-0.2, -0.15) is 5.26 Å². The Kier molecular flexibility index (Phi) is 3.52. The van der Waals surface area contributed by atoms with Gasteiger partial charge in [-0.05, 0) is 39.5 Å². The van der Waals surface area contributed by atoms with Gasteiger partial charge in [0.2, 0.25) is 0 Å². The molecule has 0 aromatic carbocycles. The van der Waals surface area contributed by atoms with E-state index in [-0.39, 0.29) is 23.6 Å². The fraction of sp³-hybridized carbons (Fsp3) is 0.923. The van der Waals surface area contributed by atoms with Gasteiger partial charge in [0.1, 0.15) is 23.7 Å². The van der Waals surface area contributed by atoms with Crippen molar-refractivity contribution in [3.63, 3.8) is 0 Å². The van der Waals surface area contributed by atoms with Crippen molar-refractivity contribution in [3.05, 3.63) is 0 Å². The molecule has 3 heterocycles. The highest BCUT2D eigenvalue weighted by Gasteiger charge is 2.58. The first-order chi connectivity index (χ1) is 9.31. The maximum atomic E-state index is 9.03. The first kappa shape index (κ1) is 14.6. The van der Waals surface area contributed by atoms with E-state index in [4.69, 9.17) is 28.9 Å². The zero-order chi connectivity index (χ0) is 14.5. The molecular weight excluding hydrogens is 282 g/mol. The first-order valence-corrected chi connectivity index (χ1v) is 7.57. The third kappa shape index (κ3) is 2.56. The summed E-state index contributed by atoms with van der Waals surface area (Å²) < 4.78 is 29.0. The predicted molar refractivity (Wildman–Crippen MR) is 70.6 cm³/mol. The van der Waals surface area contributed by atoms with Crippen LogP contribution in [0.5, 0.6) is 0 Å². The average molecular weight is 301 g/mol. The monoisotopic (exact) mass is 301 g/mol. The lowest BCUT2D eigenvalue weighted by Crippen LogP contribution is -2.40. The molecule has 3 fully saturated rings. The van der Waals surface area contributed by atoms with Crippen LogP contribution in [-0.2, 0) is 23.7 Å². The third-order valence-corrected chi connectivity index (χ3v) is 4.53. The summed E-state index contributed by atoms with van der Waals surface area (Å²) in [5, 5.41) is 11.0. The number of thioether (sulfide) groups is 1. The number of thiocyanates is 1. The quantitative estimate of drug-likeness (QED) is 0.717. The van der Waals surface area contributed by atoms with E-state index in [1.165, 1.54) is 0 Å². The minimum atomic E-state index is -0.680. The van der Waals surface area contributed by atoms with Gasteiger partial charge in [-0.3, -0.25) is 0 Å². The van der Waals surface area contributed by atoms with Crippen molar-refractivity contribution in [1.29, 1.82) is 5.26 Å². The van der Waals surface area contributed by atoms with E-state index in [0.717, 1.165) is 11.8 Å². The average Bonchev–Trinajstić information content (AvgIpc) is 2.91. The van der Waals surface area contributed by atoms with E-state index < -0.39 is 17.9 Å². The lowest BCUT2D eigenvalue weighted by Gasteiger charge is -2.27. The summed E-state index contributed by atoms with van der Waals surface area (Å²) in [6.07, 6.45) is -1.19. The summed E-state index contributed by atoms with van der Waals surface area (Å²) in [5.74, 6) is -1.30. The molecule has 7 heteroatoms. The van der Waals surface area contributed by atoms with Gasteiger partial charge in [-0.1, -0.05) is 0 Å². The summed E-state index contributed by atoms with van der Waals surface area (Å²) in [6, 6.07) is 0. The van der Waals surface area contributed by atoms with Crippen LogP contribution in [0.25, 0.3) is 0 Å². The first-order valence-electron chi connectivity index (χ1n) is 6.69. The number of rotatable bonds is 2. The molecule has 0 aromatic heterocycles. The molecular formula is C13H19NO5S. The van der Waals surface area contributed by atoms with E-state index in [1.807, 2.05) is 27.7 Å². The van der Waals surface area contributed by atoms with Gasteiger partial charge in [-0.15, -0.1) is 0 Å². The standard InChI is InChI=1S/C13H19NO5S/c1-12(2)15-5-7(17-12)8-10(20-6-14)9-11(16-8)19-13(3,4)18-9/h7-11H,5H2,1-4H3/t7-,8-,9-,10-,11-/m1/s1. The zero-order valence-electron chi connectivity index (χ0n) is 12.0. The summed E-state index contributed by atoms with van der Waals surface area (Å²) >= 11 is 1.15. The highest BCUT2D eigenvalue weighted by atomic mass is 32.2. The van der Waals surface area contributed by atoms with E-state index in [1.54, 1.807) is 0 Å². The van der Waals surface area contributed by atoms with Crippen LogP contribution in [0, 0.1) is 10.7 Å². The molecule has 0 radical (unpaired) electrons. The molecule has 0 aromatic rings. The van der Waals surface area contributed by atoms with Crippen LogP contribution in [0.4, 0.5) is 0 Å². The topological polar surface area (TPSA) is 69.9 Å². The van der Waals surface area contributed by atoms with Gasteiger partial charge in [0, 0.05) is 0 Å². The summed E-state index contributed by atoms with van der Waals surface area (Å²) in [6.45, 7) is 7.87. The molecule has 0 bridgehead atoms. The molecule has 3 aliphatic heterocycles. The van der Waals surface area contributed by atoms with Gasteiger partial charge in [-0.25, -0.2) is 0 Å². The highest BCUT2D eigenvalue weighted by molar-refractivity contribution is 8.04. The van der Waals surface area contributed by atoms with Gasteiger partial charge in [0.05, 0.1) is 11.9 Å². The number of nitrogens with zero attached hydrogens (tertiary/aromatic N) is 1. The maximum absolute atomic E-state index is 9.03. The Morgan fingerprint density at radius 3 is 2.40 bits per heavy atom. The number of ether oxygens (including phenoxy) is 5. The second-order valence-corrected chi connectivity index (χ2v) is 7.07. The Hall–Kier alpha value is -0.360. The van der Waals surface area contributed by atoms with Gasteiger partial charge < -0.3 is 23.7 Å². The van der Waals surface area contributed by atoms with Crippen LogP contribution in [0.15, 0.2) is 0 Å². The van der Waals surface area contributed by atoms with Crippen LogP contribution in [0.1, 0.15) is 27.7 Å². The Morgan fingerprint density at radius 2 is 1.80 bits per heavy atom. The molecule has 3 aliphatic rings. The molecule has 3 saturated heterocycles. The minimum absolute atomic E-state index is 0.144. The zero-order valence-corrected chi connectivity index (χ0v) is 12.8. The maximum Gasteiger partial charge on any atom is 0.188 e. The molecule has 0 N–H and O–H groups in total. The van der Waals surface area contributed by atoms with E-state index >= 15 is 0 Å². The lowest BCUT2D eigenvalue weighted by molar-refractivity contribution is -0.219. The normalized spacial score (nSPS) is 45.2. The fourth-order valence-corrected chi connectivity index (χ4v) is 3.69. The smallest absolute Gasteiger partial charge is 0.188 e. The van der Waals surface area contributed by atoms with Crippen molar-refractivity contribution < 1.29 is 23.7 Å². The second-order valence-electron chi connectivity index (χ2n) is 6.11. The Labute approximate surface area is 122 Å². The molecule has 0 saturated carbocycles. The van der Waals surface area contributed by atoms with Crippen molar-refractivity contribution in [2.45, 2.75) is 69.1 Å². The molecule has 3 rings (SSSR count). The van der Waals surface area contributed by atoms with Crippen LogP contribution < -0.4 is 0 Å². The number of hydrogen-bond acceptors (Lipinski definition) is 7. The van der Waals surface area contributed by atoms with E-state index in [0.29, 0.717) is 6.61 Å². The Bertz CT molecular complexity index is 435. The van der Waals surface area contributed by atoms with Crippen molar-refractivity contribution in [2.75, 3.05) is 6.61 Å². The van der Waals surface area contributed by atoms with E-state index in [9.17, 15) is 0 Å². The van der Waals surface area contributed by atoms with Crippen molar-refractivity contribution in [2.24, 2.45) is 0 Å². The minimum Gasteiger partial charge on any atom is -0.348 e. The van der Waals surface area contributed by atoms with E-state index in [2.05, 4.69) is 5.40 Å². The third-order valence-electron chi connectivity index (χ3n) is 3.61.